The fourth-order valence-electron chi connectivity index (χ4n) is 2.36. The van der Waals surface area contributed by atoms with Gasteiger partial charge in [-0.1, -0.05) is 37.6 Å². The molecular weight excluding hydrogens is 194 g/mol. The molecule has 1 unspecified atom stereocenters. The monoisotopic (exact) mass is 209 g/mol. The van der Waals surface area contributed by atoms with Crippen LogP contribution in [0.4, 0.5) is 0 Å². The van der Waals surface area contributed by atoms with Crippen LogP contribution in [0.15, 0.2) is 18.2 Å². The Morgan fingerprint density at radius 3 is 2.79 bits per heavy atom. The Bertz CT molecular complexity index is 357. The van der Waals surface area contributed by atoms with E-state index in [0.29, 0.717) is 0 Å². The van der Waals surface area contributed by atoms with Gasteiger partial charge in [0.05, 0.1) is 0 Å². The van der Waals surface area contributed by atoms with E-state index in [-0.39, 0.29) is 11.5 Å². The molecule has 1 aromatic rings. The van der Waals surface area contributed by atoms with E-state index in [1.54, 1.807) is 0 Å². The summed E-state index contributed by atoms with van der Waals surface area (Å²) in [7, 11) is 0. The lowest BCUT2D eigenvalue weighted by Crippen LogP contribution is -2.29. The lowest BCUT2D eigenvalue weighted by Gasteiger charge is -2.36. The highest BCUT2D eigenvalue weighted by Crippen LogP contribution is 2.43. The average molecular weight is 210 g/mol. The van der Waals surface area contributed by atoms with Gasteiger partial charge in [-0.25, -0.2) is 0 Å². The Morgan fingerprint density at radius 1 is 1.43 bits per heavy atom. The van der Waals surface area contributed by atoms with Crippen molar-refractivity contribution < 1.29 is 0 Å². The van der Waals surface area contributed by atoms with Gasteiger partial charge in [-0.2, -0.15) is 0 Å². The Morgan fingerprint density at radius 2 is 2.14 bits per heavy atom. The first kappa shape index (κ1) is 10.0. The van der Waals surface area contributed by atoms with Gasteiger partial charge in [-0.15, -0.1) is 0 Å². The zero-order valence-corrected chi connectivity index (χ0v) is 9.43. The van der Waals surface area contributed by atoms with Crippen molar-refractivity contribution in [2.24, 2.45) is 5.73 Å². The van der Waals surface area contributed by atoms with E-state index in [1.807, 2.05) is 12.1 Å². The number of benzene rings is 1. The van der Waals surface area contributed by atoms with Crippen LogP contribution in [0.25, 0.3) is 0 Å². The summed E-state index contributed by atoms with van der Waals surface area (Å²) in [5, 5.41) is 0.864. The summed E-state index contributed by atoms with van der Waals surface area (Å²) in [5.74, 6) is 0. The highest BCUT2D eigenvalue weighted by atomic mass is 35.5. The number of hydrogen-bond acceptors (Lipinski definition) is 1. The van der Waals surface area contributed by atoms with Crippen LogP contribution in [0, 0.1) is 0 Å². The van der Waals surface area contributed by atoms with Crippen LogP contribution in [0.3, 0.4) is 0 Å². The second kappa shape index (κ2) is 3.25. The second-order valence-electron chi connectivity index (χ2n) is 4.73. The van der Waals surface area contributed by atoms with Crippen molar-refractivity contribution >= 4 is 11.6 Å². The molecule has 0 aliphatic heterocycles. The molecule has 2 heteroatoms. The van der Waals surface area contributed by atoms with Crippen molar-refractivity contribution in [2.45, 2.75) is 38.1 Å². The minimum absolute atomic E-state index is 0.164. The number of halogens is 1. The third-order valence-electron chi connectivity index (χ3n) is 3.20. The number of fused-ring (bicyclic) bond motifs is 1. The number of rotatable bonds is 0. The van der Waals surface area contributed by atoms with Crippen LogP contribution in [0.2, 0.25) is 5.02 Å². The summed E-state index contributed by atoms with van der Waals surface area (Å²) in [6.45, 7) is 4.48. The van der Waals surface area contributed by atoms with Gasteiger partial charge in [0, 0.05) is 11.1 Å². The fourth-order valence-corrected chi connectivity index (χ4v) is 2.80. The van der Waals surface area contributed by atoms with Gasteiger partial charge in [-0.05, 0) is 35.4 Å². The van der Waals surface area contributed by atoms with Gasteiger partial charge in [0.1, 0.15) is 0 Å². The van der Waals surface area contributed by atoms with Crippen molar-refractivity contribution in [2.75, 3.05) is 0 Å². The molecule has 0 amide bonds. The topological polar surface area (TPSA) is 26.0 Å². The first-order valence-corrected chi connectivity index (χ1v) is 5.44. The molecule has 0 heterocycles. The standard InChI is InChI=1S/C12H16ClN/c1-12(2)7-6-10(14)8-4-3-5-9(13)11(8)12/h3-5,10H,6-7,14H2,1-2H3. The molecule has 1 aromatic carbocycles. The maximum atomic E-state index is 6.24. The molecule has 1 atom stereocenters. The van der Waals surface area contributed by atoms with Crippen molar-refractivity contribution in [1.82, 2.24) is 0 Å². The predicted molar refractivity (Wildman–Crippen MR) is 60.6 cm³/mol. The van der Waals surface area contributed by atoms with E-state index in [1.165, 1.54) is 11.1 Å². The van der Waals surface area contributed by atoms with Gasteiger partial charge in [0.2, 0.25) is 0 Å². The summed E-state index contributed by atoms with van der Waals surface area (Å²) in [4.78, 5) is 0. The minimum atomic E-state index is 0.164. The van der Waals surface area contributed by atoms with Crippen LogP contribution in [-0.4, -0.2) is 0 Å². The van der Waals surface area contributed by atoms with Gasteiger partial charge in [0.25, 0.3) is 0 Å². The molecule has 1 aliphatic carbocycles. The molecule has 0 bridgehead atoms. The molecular formula is C12H16ClN. The molecule has 0 saturated carbocycles. The molecule has 0 saturated heterocycles. The van der Waals surface area contributed by atoms with Crippen LogP contribution in [0.1, 0.15) is 43.9 Å². The summed E-state index contributed by atoms with van der Waals surface area (Å²) < 4.78 is 0. The molecule has 0 aromatic heterocycles. The first-order valence-electron chi connectivity index (χ1n) is 5.07. The van der Waals surface area contributed by atoms with Gasteiger partial charge < -0.3 is 5.73 Å². The molecule has 1 nitrogen and oxygen atoms in total. The Labute approximate surface area is 90.3 Å². The van der Waals surface area contributed by atoms with E-state index in [2.05, 4.69) is 19.9 Å². The highest BCUT2D eigenvalue weighted by Gasteiger charge is 2.32. The maximum absolute atomic E-state index is 6.24. The second-order valence-corrected chi connectivity index (χ2v) is 5.14. The van der Waals surface area contributed by atoms with Crippen molar-refractivity contribution in [3.05, 3.63) is 34.3 Å². The van der Waals surface area contributed by atoms with Gasteiger partial charge in [-0.3, -0.25) is 0 Å². The lowest BCUT2D eigenvalue weighted by molar-refractivity contribution is 0.396. The van der Waals surface area contributed by atoms with Crippen LogP contribution in [0.5, 0.6) is 0 Å². The molecule has 0 fully saturated rings. The Kier molecular flexibility index (Phi) is 2.32. The first-order chi connectivity index (χ1) is 6.52. The Hall–Kier alpha value is -0.530. The maximum Gasteiger partial charge on any atom is 0.0446 e. The number of nitrogens with two attached hydrogens (primary N) is 1. The Balaban J connectivity index is 2.64. The van der Waals surface area contributed by atoms with E-state index < -0.39 is 0 Å². The molecule has 0 spiro atoms. The van der Waals surface area contributed by atoms with Crippen LogP contribution in [-0.2, 0) is 5.41 Å². The largest absolute Gasteiger partial charge is 0.324 e. The number of hydrogen-bond donors (Lipinski definition) is 1. The predicted octanol–water partition coefficient (Wildman–Crippen LogP) is 3.41. The van der Waals surface area contributed by atoms with Gasteiger partial charge >= 0.3 is 0 Å². The zero-order chi connectivity index (χ0) is 10.3. The van der Waals surface area contributed by atoms with E-state index >= 15 is 0 Å². The quantitative estimate of drug-likeness (QED) is 0.696. The van der Waals surface area contributed by atoms with E-state index in [9.17, 15) is 0 Å². The highest BCUT2D eigenvalue weighted by molar-refractivity contribution is 6.31. The molecule has 14 heavy (non-hydrogen) atoms. The third-order valence-corrected chi connectivity index (χ3v) is 3.52. The molecule has 76 valence electrons. The zero-order valence-electron chi connectivity index (χ0n) is 8.68. The van der Waals surface area contributed by atoms with Crippen LogP contribution >= 0.6 is 11.6 Å². The SMILES string of the molecule is CC1(C)CCC(N)c2cccc(Cl)c21. The van der Waals surface area contributed by atoms with Gasteiger partial charge in [0.15, 0.2) is 0 Å². The van der Waals surface area contributed by atoms with E-state index in [0.717, 1.165) is 17.9 Å². The summed E-state index contributed by atoms with van der Waals surface area (Å²) in [6.07, 6.45) is 2.17. The third kappa shape index (κ3) is 1.45. The fraction of sp³-hybridized carbons (Fsp3) is 0.500. The molecule has 1 aliphatic rings. The normalized spacial score (nSPS) is 24.4. The summed E-state index contributed by atoms with van der Waals surface area (Å²) in [6, 6.07) is 6.21. The summed E-state index contributed by atoms with van der Waals surface area (Å²) >= 11 is 6.24. The van der Waals surface area contributed by atoms with E-state index in [4.69, 9.17) is 17.3 Å². The van der Waals surface area contributed by atoms with Crippen molar-refractivity contribution in [3.8, 4) is 0 Å². The van der Waals surface area contributed by atoms with Crippen molar-refractivity contribution in [1.29, 1.82) is 0 Å². The average Bonchev–Trinajstić information content (AvgIpc) is 2.12. The van der Waals surface area contributed by atoms with Crippen molar-refractivity contribution in [3.63, 3.8) is 0 Å². The molecule has 0 radical (unpaired) electrons. The minimum Gasteiger partial charge on any atom is -0.324 e. The lowest BCUT2D eigenvalue weighted by atomic mass is 9.71. The molecule has 2 N–H and O–H groups in total. The summed E-state index contributed by atoms with van der Waals surface area (Å²) in [5.41, 5.74) is 8.73. The molecule has 2 rings (SSSR count). The van der Waals surface area contributed by atoms with Crippen LogP contribution < -0.4 is 5.73 Å². The smallest absolute Gasteiger partial charge is 0.0446 e.